The van der Waals surface area contributed by atoms with Crippen LogP contribution in [0.1, 0.15) is 16.6 Å². The summed E-state index contributed by atoms with van der Waals surface area (Å²) in [7, 11) is 0. The predicted octanol–water partition coefficient (Wildman–Crippen LogP) is 1.18. The number of carboxylic acid groups (broad SMARTS) is 1. The molecule has 2 heterocycles. The Kier molecular flexibility index (Phi) is 2.93. The van der Waals surface area contributed by atoms with Crippen molar-refractivity contribution >= 4 is 17.7 Å². The average molecular weight is 224 g/mol. The zero-order valence-electron chi connectivity index (χ0n) is 8.30. The third-order valence-corrected chi connectivity index (χ3v) is 3.58. The minimum absolute atomic E-state index is 0.0548. The first-order valence-electron chi connectivity index (χ1n) is 4.70. The number of hydrogen-bond acceptors (Lipinski definition) is 4. The predicted molar refractivity (Wildman–Crippen MR) is 58.7 cm³/mol. The Hall–Kier alpha value is -1.07. The van der Waals surface area contributed by atoms with E-state index in [1.165, 1.54) is 0 Å². The fourth-order valence-corrected chi connectivity index (χ4v) is 2.66. The molecule has 15 heavy (non-hydrogen) atoms. The van der Waals surface area contributed by atoms with Crippen molar-refractivity contribution in [2.24, 2.45) is 0 Å². The lowest BCUT2D eigenvalue weighted by Crippen LogP contribution is -2.33. The number of hydrogen-bond donors (Lipinski definition) is 2. The van der Waals surface area contributed by atoms with Gasteiger partial charge in [-0.05, 0) is 18.6 Å². The highest BCUT2D eigenvalue weighted by Gasteiger charge is 2.30. The Morgan fingerprint density at radius 1 is 1.67 bits per heavy atom. The van der Waals surface area contributed by atoms with Gasteiger partial charge in [-0.15, -0.1) is 11.8 Å². The van der Waals surface area contributed by atoms with Crippen LogP contribution in [-0.2, 0) is 4.79 Å². The number of aryl methyl sites for hydroxylation is 1. The SMILES string of the molecule is Cc1ccc(C2NC(C(=O)O)CS2)cn1. The van der Waals surface area contributed by atoms with Crippen LogP contribution in [0.25, 0.3) is 0 Å². The van der Waals surface area contributed by atoms with E-state index in [1.807, 2.05) is 19.1 Å². The standard InChI is InChI=1S/C10H12N2O2S/c1-6-2-3-7(4-11-6)9-12-8(5-15-9)10(13)14/h2-4,8-9,12H,5H2,1H3,(H,13,14). The van der Waals surface area contributed by atoms with E-state index in [2.05, 4.69) is 10.3 Å². The van der Waals surface area contributed by atoms with E-state index in [4.69, 9.17) is 5.11 Å². The molecule has 0 saturated carbocycles. The molecule has 1 aromatic rings. The van der Waals surface area contributed by atoms with Crippen LogP contribution in [0.4, 0.5) is 0 Å². The number of carboxylic acids is 1. The molecular formula is C10H12N2O2S. The second-order valence-electron chi connectivity index (χ2n) is 3.50. The summed E-state index contributed by atoms with van der Waals surface area (Å²) in [4.78, 5) is 14.9. The van der Waals surface area contributed by atoms with Crippen molar-refractivity contribution < 1.29 is 9.90 Å². The Bertz CT molecular complexity index is 366. The van der Waals surface area contributed by atoms with Crippen LogP contribution < -0.4 is 5.32 Å². The van der Waals surface area contributed by atoms with Gasteiger partial charge in [0.1, 0.15) is 6.04 Å². The number of nitrogens with one attached hydrogen (secondary N) is 1. The van der Waals surface area contributed by atoms with Gasteiger partial charge in [0.15, 0.2) is 0 Å². The summed E-state index contributed by atoms with van der Waals surface area (Å²) < 4.78 is 0. The van der Waals surface area contributed by atoms with Crippen molar-refractivity contribution in [2.75, 3.05) is 5.75 Å². The molecular weight excluding hydrogens is 212 g/mol. The van der Waals surface area contributed by atoms with Crippen molar-refractivity contribution in [1.82, 2.24) is 10.3 Å². The van der Waals surface area contributed by atoms with Crippen molar-refractivity contribution in [1.29, 1.82) is 0 Å². The number of pyridine rings is 1. The van der Waals surface area contributed by atoms with Crippen LogP contribution in [0.5, 0.6) is 0 Å². The van der Waals surface area contributed by atoms with E-state index >= 15 is 0 Å². The highest BCUT2D eigenvalue weighted by Crippen LogP contribution is 2.32. The third-order valence-electron chi connectivity index (χ3n) is 2.32. The maximum Gasteiger partial charge on any atom is 0.321 e. The molecule has 2 rings (SSSR count). The molecule has 0 radical (unpaired) electrons. The number of rotatable bonds is 2. The van der Waals surface area contributed by atoms with E-state index in [0.29, 0.717) is 5.75 Å². The third kappa shape index (κ3) is 2.30. The summed E-state index contributed by atoms with van der Waals surface area (Å²) in [6.07, 6.45) is 1.80. The molecule has 0 aromatic carbocycles. The number of carbonyl (C=O) groups is 1. The molecule has 0 amide bonds. The minimum atomic E-state index is -0.787. The molecule has 0 spiro atoms. The monoisotopic (exact) mass is 224 g/mol. The van der Waals surface area contributed by atoms with E-state index < -0.39 is 12.0 Å². The Morgan fingerprint density at radius 2 is 2.47 bits per heavy atom. The highest BCUT2D eigenvalue weighted by molar-refractivity contribution is 7.99. The maximum absolute atomic E-state index is 10.7. The lowest BCUT2D eigenvalue weighted by Gasteiger charge is -2.10. The van der Waals surface area contributed by atoms with Gasteiger partial charge in [0, 0.05) is 17.6 Å². The molecule has 1 saturated heterocycles. The van der Waals surface area contributed by atoms with Gasteiger partial charge in [-0.2, -0.15) is 0 Å². The normalized spacial score (nSPS) is 25.4. The quantitative estimate of drug-likeness (QED) is 0.789. The first kappa shape index (κ1) is 10.4. The molecule has 2 N–H and O–H groups in total. The first-order valence-corrected chi connectivity index (χ1v) is 5.74. The summed E-state index contributed by atoms with van der Waals surface area (Å²) in [6.45, 7) is 1.93. The molecule has 4 nitrogen and oxygen atoms in total. The van der Waals surface area contributed by atoms with Gasteiger partial charge >= 0.3 is 5.97 Å². The van der Waals surface area contributed by atoms with Gasteiger partial charge < -0.3 is 5.11 Å². The molecule has 0 aliphatic carbocycles. The second-order valence-corrected chi connectivity index (χ2v) is 4.64. The molecule has 1 fully saturated rings. The Balaban J connectivity index is 2.07. The molecule has 2 atom stereocenters. The van der Waals surface area contributed by atoms with E-state index in [9.17, 15) is 4.79 Å². The Morgan fingerprint density at radius 3 is 3.00 bits per heavy atom. The first-order chi connectivity index (χ1) is 7.16. The van der Waals surface area contributed by atoms with E-state index in [1.54, 1.807) is 18.0 Å². The van der Waals surface area contributed by atoms with Crippen LogP contribution >= 0.6 is 11.8 Å². The average Bonchev–Trinajstić information content (AvgIpc) is 2.68. The van der Waals surface area contributed by atoms with E-state index in [0.717, 1.165) is 11.3 Å². The molecule has 1 aliphatic rings. The van der Waals surface area contributed by atoms with Crippen molar-refractivity contribution in [3.63, 3.8) is 0 Å². The van der Waals surface area contributed by atoms with Crippen molar-refractivity contribution in [3.8, 4) is 0 Å². The van der Waals surface area contributed by atoms with Gasteiger partial charge in [-0.3, -0.25) is 15.1 Å². The second kappa shape index (κ2) is 4.20. The largest absolute Gasteiger partial charge is 0.480 e. The van der Waals surface area contributed by atoms with Gasteiger partial charge in [0.25, 0.3) is 0 Å². The fourth-order valence-electron chi connectivity index (χ4n) is 1.44. The van der Waals surface area contributed by atoms with Crippen LogP contribution in [-0.4, -0.2) is 27.9 Å². The van der Waals surface area contributed by atoms with E-state index in [-0.39, 0.29) is 5.37 Å². The number of thioether (sulfide) groups is 1. The van der Waals surface area contributed by atoms with Crippen molar-refractivity contribution in [2.45, 2.75) is 18.3 Å². The van der Waals surface area contributed by atoms with Crippen molar-refractivity contribution in [3.05, 3.63) is 29.6 Å². The topological polar surface area (TPSA) is 62.2 Å². The summed E-state index contributed by atoms with van der Waals surface area (Å²) in [6, 6.07) is 3.48. The summed E-state index contributed by atoms with van der Waals surface area (Å²) in [5.74, 6) is -0.182. The molecule has 0 bridgehead atoms. The minimum Gasteiger partial charge on any atom is -0.480 e. The lowest BCUT2D eigenvalue weighted by molar-refractivity contribution is -0.138. The number of nitrogens with zero attached hydrogens (tertiary/aromatic N) is 1. The fraction of sp³-hybridized carbons (Fsp3) is 0.400. The van der Waals surface area contributed by atoms with Gasteiger partial charge in [-0.1, -0.05) is 6.07 Å². The summed E-state index contributed by atoms with van der Waals surface area (Å²) >= 11 is 1.61. The number of aliphatic carboxylic acids is 1. The van der Waals surface area contributed by atoms with Gasteiger partial charge in [-0.25, -0.2) is 0 Å². The molecule has 1 aromatic heterocycles. The number of aromatic nitrogens is 1. The van der Waals surface area contributed by atoms with Crippen LogP contribution in [0, 0.1) is 6.92 Å². The Labute approximate surface area is 92.1 Å². The smallest absolute Gasteiger partial charge is 0.321 e. The molecule has 2 unspecified atom stereocenters. The molecule has 1 aliphatic heterocycles. The zero-order chi connectivity index (χ0) is 10.8. The van der Waals surface area contributed by atoms with Crippen LogP contribution in [0.3, 0.4) is 0 Å². The zero-order valence-corrected chi connectivity index (χ0v) is 9.12. The highest BCUT2D eigenvalue weighted by atomic mass is 32.2. The molecule has 80 valence electrons. The molecule has 5 heteroatoms. The van der Waals surface area contributed by atoms with Crippen LogP contribution in [0.2, 0.25) is 0 Å². The lowest BCUT2D eigenvalue weighted by atomic mass is 10.2. The maximum atomic E-state index is 10.7. The van der Waals surface area contributed by atoms with Crippen LogP contribution in [0.15, 0.2) is 18.3 Å². The van der Waals surface area contributed by atoms with Gasteiger partial charge in [0.2, 0.25) is 0 Å². The summed E-state index contributed by atoms with van der Waals surface area (Å²) in [5.41, 5.74) is 2.01. The van der Waals surface area contributed by atoms with Gasteiger partial charge in [0.05, 0.1) is 5.37 Å². The summed E-state index contributed by atoms with van der Waals surface area (Å²) in [5, 5.41) is 11.9.